The van der Waals surface area contributed by atoms with Crippen molar-refractivity contribution >= 4 is 17.9 Å². The SMILES string of the molecule is CC/C=C\C/C=C\C/C=C\C/C=C\CCCCCC(=O)OC(COC(=O)CCCCCCCCCCCCCCCCC)COC(=O)CCCCCCCCCCCCCCCCCCCCC. The van der Waals surface area contributed by atoms with Crippen molar-refractivity contribution in [3.05, 3.63) is 48.6 Å². The summed E-state index contributed by atoms with van der Waals surface area (Å²) in [6.45, 7) is 6.55. The number of ether oxygens (including phenoxy) is 3. The van der Waals surface area contributed by atoms with Gasteiger partial charge in [0, 0.05) is 19.3 Å². The Kier molecular flexibility index (Phi) is 54.8. The van der Waals surface area contributed by atoms with Gasteiger partial charge in [0.2, 0.25) is 0 Å². The Morgan fingerprint density at radius 2 is 0.574 bits per heavy atom. The largest absolute Gasteiger partial charge is 0.462 e. The minimum absolute atomic E-state index is 0.0816. The molecule has 0 amide bonds. The summed E-state index contributed by atoms with van der Waals surface area (Å²) in [5.41, 5.74) is 0. The lowest BCUT2D eigenvalue weighted by Gasteiger charge is -2.18. The van der Waals surface area contributed by atoms with Crippen molar-refractivity contribution in [1.82, 2.24) is 0 Å². The van der Waals surface area contributed by atoms with Gasteiger partial charge in [-0.05, 0) is 57.8 Å². The van der Waals surface area contributed by atoms with E-state index in [2.05, 4.69) is 69.4 Å². The highest BCUT2D eigenvalue weighted by atomic mass is 16.6. The van der Waals surface area contributed by atoms with E-state index >= 15 is 0 Å². The van der Waals surface area contributed by atoms with Crippen molar-refractivity contribution < 1.29 is 28.6 Å². The van der Waals surface area contributed by atoms with Crippen molar-refractivity contribution in [1.29, 1.82) is 0 Å². The summed E-state index contributed by atoms with van der Waals surface area (Å²) in [5, 5.41) is 0. The molecular weight excluding hydrogens is 841 g/mol. The monoisotopic (exact) mass is 953 g/mol. The molecule has 0 aromatic heterocycles. The third kappa shape index (κ3) is 54.3. The molecule has 0 aromatic carbocycles. The topological polar surface area (TPSA) is 78.9 Å². The van der Waals surface area contributed by atoms with Crippen LogP contribution >= 0.6 is 0 Å². The lowest BCUT2D eigenvalue weighted by molar-refractivity contribution is -0.167. The van der Waals surface area contributed by atoms with Crippen molar-refractivity contribution in [3.63, 3.8) is 0 Å². The molecule has 0 bridgehead atoms. The number of hydrogen-bond donors (Lipinski definition) is 0. The number of unbranched alkanes of at least 4 members (excludes halogenated alkanes) is 35. The van der Waals surface area contributed by atoms with Gasteiger partial charge in [-0.25, -0.2) is 0 Å². The van der Waals surface area contributed by atoms with E-state index in [1.807, 2.05) is 0 Å². The molecule has 6 heteroatoms. The molecule has 1 unspecified atom stereocenters. The predicted octanol–water partition coefficient (Wildman–Crippen LogP) is 19.8. The second-order valence-electron chi connectivity index (χ2n) is 19.9. The molecule has 6 nitrogen and oxygen atoms in total. The lowest BCUT2D eigenvalue weighted by atomic mass is 10.0. The molecule has 0 radical (unpaired) electrons. The van der Waals surface area contributed by atoms with E-state index in [-0.39, 0.29) is 31.1 Å². The highest BCUT2D eigenvalue weighted by Gasteiger charge is 2.19. The number of hydrogen-bond acceptors (Lipinski definition) is 6. The molecule has 0 heterocycles. The summed E-state index contributed by atoms with van der Waals surface area (Å²) >= 11 is 0. The Bertz CT molecular complexity index is 1190. The van der Waals surface area contributed by atoms with Crippen LogP contribution in [-0.4, -0.2) is 37.2 Å². The van der Waals surface area contributed by atoms with Gasteiger partial charge in [-0.3, -0.25) is 14.4 Å². The zero-order valence-corrected chi connectivity index (χ0v) is 45.4. The second-order valence-corrected chi connectivity index (χ2v) is 19.9. The molecule has 0 N–H and O–H groups in total. The van der Waals surface area contributed by atoms with Crippen molar-refractivity contribution in [2.45, 2.75) is 316 Å². The van der Waals surface area contributed by atoms with Crippen LogP contribution in [0.5, 0.6) is 0 Å². The van der Waals surface area contributed by atoms with Crippen molar-refractivity contribution in [2.24, 2.45) is 0 Å². The number of esters is 3. The van der Waals surface area contributed by atoms with Crippen LogP contribution in [0.2, 0.25) is 0 Å². The maximum absolute atomic E-state index is 12.8. The van der Waals surface area contributed by atoms with Crippen LogP contribution in [0.3, 0.4) is 0 Å². The second kappa shape index (κ2) is 57.0. The van der Waals surface area contributed by atoms with Crippen LogP contribution in [-0.2, 0) is 28.6 Å². The molecule has 396 valence electrons. The summed E-state index contributed by atoms with van der Waals surface area (Å²) in [7, 11) is 0. The normalized spacial score (nSPS) is 12.3. The summed E-state index contributed by atoms with van der Waals surface area (Å²) in [5.74, 6) is -0.894. The summed E-state index contributed by atoms with van der Waals surface area (Å²) in [4.78, 5) is 38.2. The Labute approximate surface area is 422 Å². The van der Waals surface area contributed by atoms with Gasteiger partial charge in [0.25, 0.3) is 0 Å². The fourth-order valence-electron chi connectivity index (χ4n) is 8.67. The summed E-state index contributed by atoms with van der Waals surface area (Å²) in [6.07, 6.45) is 69.6. The van der Waals surface area contributed by atoms with E-state index in [9.17, 15) is 14.4 Å². The van der Waals surface area contributed by atoms with Crippen LogP contribution in [0.4, 0.5) is 0 Å². The van der Waals surface area contributed by atoms with Gasteiger partial charge >= 0.3 is 17.9 Å². The highest BCUT2D eigenvalue weighted by molar-refractivity contribution is 5.71. The van der Waals surface area contributed by atoms with E-state index in [0.29, 0.717) is 19.3 Å². The minimum Gasteiger partial charge on any atom is -0.462 e. The van der Waals surface area contributed by atoms with E-state index < -0.39 is 6.10 Å². The zero-order chi connectivity index (χ0) is 49.3. The first-order valence-corrected chi connectivity index (χ1v) is 29.6. The molecule has 0 aromatic rings. The molecule has 1 atom stereocenters. The molecule has 0 aliphatic heterocycles. The maximum atomic E-state index is 12.8. The third-order valence-corrected chi connectivity index (χ3v) is 13.1. The third-order valence-electron chi connectivity index (χ3n) is 13.1. The fourth-order valence-corrected chi connectivity index (χ4v) is 8.67. The molecule has 0 aliphatic carbocycles. The first-order valence-electron chi connectivity index (χ1n) is 29.6. The van der Waals surface area contributed by atoms with E-state index in [1.165, 1.54) is 180 Å². The van der Waals surface area contributed by atoms with Crippen molar-refractivity contribution in [3.8, 4) is 0 Å². The van der Waals surface area contributed by atoms with Gasteiger partial charge in [0.05, 0.1) is 0 Å². The van der Waals surface area contributed by atoms with Crippen LogP contribution in [0.15, 0.2) is 48.6 Å². The summed E-state index contributed by atoms with van der Waals surface area (Å²) in [6, 6.07) is 0. The fraction of sp³-hybridized carbons (Fsp3) is 0.823. The number of carbonyl (C=O) groups is 3. The minimum atomic E-state index is -0.786. The van der Waals surface area contributed by atoms with Gasteiger partial charge in [0.1, 0.15) is 13.2 Å². The first kappa shape index (κ1) is 65.4. The average molecular weight is 954 g/mol. The van der Waals surface area contributed by atoms with Gasteiger partial charge in [-0.2, -0.15) is 0 Å². The molecule has 0 saturated heterocycles. The van der Waals surface area contributed by atoms with Gasteiger partial charge in [-0.15, -0.1) is 0 Å². The number of carbonyl (C=O) groups excluding carboxylic acids is 3. The van der Waals surface area contributed by atoms with E-state index in [4.69, 9.17) is 14.2 Å². The molecule has 0 rings (SSSR count). The van der Waals surface area contributed by atoms with Gasteiger partial charge < -0.3 is 14.2 Å². The maximum Gasteiger partial charge on any atom is 0.306 e. The Morgan fingerprint density at radius 1 is 0.309 bits per heavy atom. The highest BCUT2D eigenvalue weighted by Crippen LogP contribution is 2.17. The number of rotatable bonds is 54. The van der Waals surface area contributed by atoms with Crippen molar-refractivity contribution in [2.75, 3.05) is 13.2 Å². The van der Waals surface area contributed by atoms with E-state index in [0.717, 1.165) is 89.9 Å². The molecule has 0 spiro atoms. The molecule has 0 aliphatic rings. The molecular formula is C62H112O6. The van der Waals surface area contributed by atoms with Crippen LogP contribution in [0, 0.1) is 0 Å². The Balaban J connectivity index is 4.36. The van der Waals surface area contributed by atoms with Gasteiger partial charge in [-0.1, -0.05) is 281 Å². The van der Waals surface area contributed by atoms with Crippen LogP contribution < -0.4 is 0 Å². The zero-order valence-electron chi connectivity index (χ0n) is 45.4. The Hall–Kier alpha value is -2.63. The molecule has 68 heavy (non-hydrogen) atoms. The molecule has 0 saturated carbocycles. The Morgan fingerprint density at radius 3 is 0.897 bits per heavy atom. The number of allylic oxidation sites excluding steroid dienone is 8. The smallest absolute Gasteiger partial charge is 0.306 e. The van der Waals surface area contributed by atoms with Crippen LogP contribution in [0.1, 0.15) is 310 Å². The quantitative estimate of drug-likeness (QED) is 0.0262. The van der Waals surface area contributed by atoms with Crippen LogP contribution in [0.25, 0.3) is 0 Å². The first-order chi connectivity index (χ1) is 33.5. The van der Waals surface area contributed by atoms with Gasteiger partial charge in [0.15, 0.2) is 6.10 Å². The summed E-state index contributed by atoms with van der Waals surface area (Å²) < 4.78 is 16.9. The molecule has 0 fully saturated rings. The average Bonchev–Trinajstić information content (AvgIpc) is 3.34. The predicted molar refractivity (Wildman–Crippen MR) is 293 cm³/mol. The lowest BCUT2D eigenvalue weighted by Crippen LogP contribution is -2.30. The van der Waals surface area contributed by atoms with E-state index in [1.54, 1.807) is 0 Å². The standard InChI is InChI=1S/C62H112O6/c1-4-7-10-13-16-19-22-25-28-30-31-32-35-37-40-43-46-49-52-55-61(64)67-58-59(57-66-60(63)54-51-48-45-42-39-36-33-27-24-21-18-15-12-9-6-3)68-62(65)56-53-50-47-44-41-38-34-29-26-23-20-17-14-11-8-5-2/h8,11,17,20,26,29,38,41,59H,4-7,9-10,12-16,18-19,21-25,27-28,30-37,39-40,42-58H2,1-3H3/b11-8-,20-17-,29-26-,41-38-.